The number of Topliss-reactive ketones (excluding diaryl/α,β-unsaturated/α-hetero) is 1. The molecule has 7 nitrogen and oxygen atoms in total. The Morgan fingerprint density at radius 1 is 1.20 bits per heavy atom. The molecule has 0 saturated carbocycles. The largest absolute Gasteiger partial charge is 0.474 e. The molecule has 0 aromatic heterocycles. The molecule has 0 bridgehead atoms. The Morgan fingerprint density at radius 2 is 1.88 bits per heavy atom. The van der Waals surface area contributed by atoms with Crippen LogP contribution in [0, 0.1) is 17.0 Å². The Labute approximate surface area is 144 Å². The summed E-state index contributed by atoms with van der Waals surface area (Å²) in [5, 5.41) is 13.7. The quantitative estimate of drug-likeness (QED) is 0.492. The predicted octanol–water partition coefficient (Wildman–Crippen LogP) is 3.51. The van der Waals surface area contributed by atoms with Crippen molar-refractivity contribution >= 4 is 23.1 Å². The summed E-state index contributed by atoms with van der Waals surface area (Å²) >= 11 is 0. The second kappa shape index (κ2) is 7.57. The summed E-state index contributed by atoms with van der Waals surface area (Å²) in [5.41, 5.74) is 1.26. The third-order valence-corrected chi connectivity index (χ3v) is 3.55. The number of rotatable bonds is 6. The smallest absolute Gasteiger partial charge is 0.311 e. The monoisotopic (exact) mass is 342 g/mol. The lowest BCUT2D eigenvalue weighted by atomic mass is 10.1. The number of nitrogens with zero attached hydrogens (tertiary/aromatic N) is 1. The summed E-state index contributed by atoms with van der Waals surface area (Å²) < 4.78 is 5.46. The van der Waals surface area contributed by atoms with Crippen molar-refractivity contribution in [2.75, 3.05) is 5.32 Å². The highest BCUT2D eigenvalue weighted by Gasteiger charge is 2.22. The molecular weight excluding hydrogens is 324 g/mol. The second-order valence-corrected chi connectivity index (χ2v) is 5.58. The van der Waals surface area contributed by atoms with E-state index in [4.69, 9.17) is 4.74 Å². The minimum absolute atomic E-state index is 0.0121. The summed E-state index contributed by atoms with van der Waals surface area (Å²) in [6.07, 6.45) is -0.985. The molecule has 1 atom stereocenters. The zero-order valence-electron chi connectivity index (χ0n) is 14.1. The van der Waals surface area contributed by atoms with Gasteiger partial charge in [0.2, 0.25) is 0 Å². The van der Waals surface area contributed by atoms with Gasteiger partial charge < -0.3 is 10.1 Å². The van der Waals surface area contributed by atoms with Crippen LogP contribution in [0.3, 0.4) is 0 Å². The van der Waals surface area contributed by atoms with Gasteiger partial charge in [-0.25, -0.2) is 0 Å². The average molecular weight is 342 g/mol. The number of para-hydroxylation sites is 1. The normalized spacial score (nSPS) is 11.5. The number of ether oxygens (including phenoxy) is 1. The number of amides is 1. The van der Waals surface area contributed by atoms with E-state index in [0.29, 0.717) is 16.8 Å². The summed E-state index contributed by atoms with van der Waals surface area (Å²) in [4.78, 5) is 34.5. The highest BCUT2D eigenvalue weighted by atomic mass is 16.6. The molecule has 0 fully saturated rings. The van der Waals surface area contributed by atoms with Crippen LogP contribution in [0.1, 0.15) is 29.8 Å². The third-order valence-electron chi connectivity index (χ3n) is 3.55. The van der Waals surface area contributed by atoms with E-state index in [1.807, 2.05) is 0 Å². The van der Waals surface area contributed by atoms with E-state index in [1.54, 1.807) is 37.3 Å². The van der Waals surface area contributed by atoms with Crippen LogP contribution in [0.25, 0.3) is 0 Å². The Morgan fingerprint density at radius 3 is 2.52 bits per heavy atom. The summed E-state index contributed by atoms with van der Waals surface area (Å²) in [6.45, 7) is 4.61. The SMILES string of the molecule is CC(=O)c1ccccc1NC(=O)[C@@H](C)Oc1ccc(C)cc1[N+](=O)[O-]. The van der Waals surface area contributed by atoms with Crippen molar-refractivity contribution in [3.63, 3.8) is 0 Å². The second-order valence-electron chi connectivity index (χ2n) is 5.58. The van der Waals surface area contributed by atoms with Gasteiger partial charge in [-0.15, -0.1) is 0 Å². The van der Waals surface area contributed by atoms with Crippen molar-refractivity contribution in [2.24, 2.45) is 0 Å². The Balaban J connectivity index is 2.17. The lowest BCUT2D eigenvalue weighted by molar-refractivity contribution is -0.386. The van der Waals surface area contributed by atoms with Crippen molar-refractivity contribution in [1.29, 1.82) is 0 Å². The van der Waals surface area contributed by atoms with Crippen molar-refractivity contribution in [3.05, 3.63) is 63.7 Å². The summed E-state index contributed by atoms with van der Waals surface area (Å²) in [7, 11) is 0. The first-order valence-electron chi connectivity index (χ1n) is 7.62. The van der Waals surface area contributed by atoms with Gasteiger partial charge in [-0.3, -0.25) is 19.7 Å². The van der Waals surface area contributed by atoms with Crippen molar-refractivity contribution in [3.8, 4) is 5.75 Å². The van der Waals surface area contributed by atoms with Gasteiger partial charge in [-0.2, -0.15) is 0 Å². The van der Waals surface area contributed by atoms with Crippen LogP contribution >= 0.6 is 0 Å². The average Bonchev–Trinajstić information content (AvgIpc) is 2.56. The molecule has 0 spiro atoms. The molecule has 0 aliphatic carbocycles. The van der Waals surface area contributed by atoms with Crippen LogP contribution < -0.4 is 10.1 Å². The van der Waals surface area contributed by atoms with Crippen LogP contribution in [0.2, 0.25) is 0 Å². The van der Waals surface area contributed by atoms with Crippen LogP contribution in [0.15, 0.2) is 42.5 Å². The number of aryl methyl sites for hydroxylation is 1. The lowest BCUT2D eigenvalue weighted by Gasteiger charge is -2.16. The maximum atomic E-state index is 12.3. The molecule has 2 aromatic rings. The molecule has 25 heavy (non-hydrogen) atoms. The summed E-state index contributed by atoms with van der Waals surface area (Å²) in [6, 6.07) is 11.1. The number of carbonyl (C=O) groups excluding carboxylic acids is 2. The first-order valence-corrected chi connectivity index (χ1v) is 7.62. The van der Waals surface area contributed by atoms with Gasteiger partial charge >= 0.3 is 5.69 Å². The van der Waals surface area contributed by atoms with E-state index >= 15 is 0 Å². The predicted molar refractivity (Wildman–Crippen MR) is 93.0 cm³/mol. The topological polar surface area (TPSA) is 98.5 Å². The van der Waals surface area contributed by atoms with Gasteiger partial charge in [-0.1, -0.05) is 18.2 Å². The van der Waals surface area contributed by atoms with E-state index in [9.17, 15) is 19.7 Å². The molecule has 0 heterocycles. The molecule has 0 radical (unpaired) electrons. The van der Waals surface area contributed by atoms with Crippen LogP contribution in [0.5, 0.6) is 5.75 Å². The molecule has 0 aliphatic heterocycles. The maximum absolute atomic E-state index is 12.3. The Kier molecular flexibility index (Phi) is 5.49. The first-order chi connectivity index (χ1) is 11.8. The minimum Gasteiger partial charge on any atom is -0.474 e. The van der Waals surface area contributed by atoms with E-state index in [0.717, 1.165) is 0 Å². The fraction of sp³-hybridized carbons (Fsp3) is 0.222. The number of nitrogens with one attached hydrogen (secondary N) is 1. The number of nitro benzene ring substituents is 1. The number of hydrogen-bond acceptors (Lipinski definition) is 5. The highest BCUT2D eigenvalue weighted by Crippen LogP contribution is 2.29. The van der Waals surface area contributed by atoms with Gasteiger partial charge in [0.1, 0.15) is 0 Å². The molecule has 0 saturated heterocycles. The molecule has 0 unspecified atom stereocenters. The van der Waals surface area contributed by atoms with Gasteiger partial charge in [0.15, 0.2) is 17.6 Å². The summed E-state index contributed by atoms with van der Waals surface area (Å²) in [5.74, 6) is -0.680. The zero-order chi connectivity index (χ0) is 18.6. The number of carbonyl (C=O) groups is 2. The third kappa shape index (κ3) is 4.41. The van der Waals surface area contributed by atoms with Gasteiger partial charge in [0.25, 0.3) is 5.91 Å². The molecule has 7 heteroatoms. The van der Waals surface area contributed by atoms with Crippen molar-refractivity contribution < 1.29 is 19.2 Å². The molecule has 0 aliphatic rings. The molecular formula is C18H18N2O5. The number of hydrogen-bond donors (Lipinski definition) is 1. The number of anilines is 1. The van der Waals surface area contributed by atoms with E-state index in [2.05, 4.69) is 5.32 Å². The van der Waals surface area contributed by atoms with Gasteiger partial charge in [0.05, 0.1) is 10.6 Å². The van der Waals surface area contributed by atoms with Crippen molar-refractivity contribution in [1.82, 2.24) is 0 Å². The highest BCUT2D eigenvalue weighted by molar-refractivity contribution is 6.04. The molecule has 2 aromatic carbocycles. The van der Waals surface area contributed by atoms with Crippen LogP contribution in [-0.4, -0.2) is 22.7 Å². The first kappa shape index (κ1) is 18.1. The lowest BCUT2D eigenvalue weighted by Crippen LogP contribution is -2.30. The molecule has 2 rings (SSSR count). The van der Waals surface area contributed by atoms with E-state index < -0.39 is 16.9 Å². The molecule has 1 N–H and O–H groups in total. The Bertz CT molecular complexity index is 832. The number of benzene rings is 2. The Hall–Kier alpha value is -3.22. The minimum atomic E-state index is -0.985. The van der Waals surface area contributed by atoms with Crippen molar-refractivity contribution in [2.45, 2.75) is 26.9 Å². The van der Waals surface area contributed by atoms with Gasteiger partial charge in [-0.05, 0) is 44.5 Å². The van der Waals surface area contributed by atoms with Crippen LogP contribution in [-0.2, 0) is 4.79 Å². The van der Waals surface area contributed by atoms with Crippen LogP contribution in [0.4, 0.5) is 11.4 Å². The number of ketones is 1. The van der Waals surface area contributed by atoms with Gasteiger partial charge in [0, 0.05) is 11.6 Å². The fourth-order valence-corrected chi connectivity index (χ4v) is 2.25. The van der Waals surface area contributed by atoms with E-state index in [-0.39, 0.29) is 17.2 Å². The zero-order valence-corrected chi connectivity index (χ0v) is 14.1. The standard InChI is InChI=1S/C18H18N2O5/c1-11-8-9-17(16(10-11)20(23)24)25-13(3)18(22)19-15-7-5-4-6-14(15)12(2)21/h4-10,13H,1-3H3,(H,19,22)/t13-/m1/s1. The van der Waals surface area contributed by atoms with E-state index in [1.165, 1.54) is 26.0 Å². The molecule has 130 valence electrons. The maximum Gasteiger partial charge on any atom is 0.311 e. The number of nitro groups is 1. The molecule has 1 amide bonds. The fourth-order valence-electron chi connectivity index (χ4n) is 2.25.